The Hall–Kier alpha value is -4.20. The van der Waals surface area contributed by atoms with Gasteiger partial charge in [-0.3, -0.25) is 18.7 Å². The molecule has 8 heteroatoms. The van der Waals surface area contributed by atoms with Crippen LogP contribution in [0.25, 0.3) is 11.0 Å². The first-order valence-electron chi connectivity index (χ1n) is 10.5. The van der Waals surface area contributed by atoms with Crippen molar-refractivity contribution in [1.82, 2.24) is 14.1 Å². The fourth-order valence-corrected chi connectivity index (χ4v) is 3.74. The lowest BCUT2D eigenvalue weighted by Crippen LogP contribution is -2.42. The number of anilines is 1. The van der Waals surface area contributed by atoms with Crippen molar-refractivity contribution >= 4 is 22.6 Å². The Labute approximate surface area is 190 Å². The van der Waals surface area contributed by atoms with Crippen LogP contribution in [0.1, 0.15) is 16.7 Å². The molecule has 0 radical (unpaired) electrons. The molecule has 2 aromatic carbocycles. The number of carbonyl (C=O) groups is 1. The van der Waals surface area contributed by atoms with Crippen LogP contribution in [0.3, 0.4) is 0 Å². The maximum Gasteiger partial charge on any atom is 0.332 e. The Kier molecular flexibility index (Phi) is 6.08. The van der Waals surface area contributed by atoms with E-state index in [1.54, 1.807) is 43.5 Å². The first-order chi connectivity index (χ1) is 15.9. The molecule has 0 aliphatic heterocycles. The number of ether oxygens (including phenoxy) is 1. The number of methoxy groups -OCH3 is 1. The largest absolute Gasteiger partial charge is 0.497 e. The van der Waals surface area contributed by atoms with Crippen LogP contribution in [0.15, 0.2) is 70.4 Å². The van der Waals surface area contributed by atoms with E-state index in [4.69, 9.17) is 4.74 Å². The second kappa shape index (κ2) is 9.12. The molecule has 2 heterocycles. The average Bonchev–Trinajstić information content (AvgIpc) is 2.81. The molecule has 0 saturated carbocycles. The van der Waals surface area contributed by atoms with E-state index in [9.17, 15) is 14.4 Å². The normalized spacial score (nSPS) is 10.9. The van der Waals surface area contributed by atoms with Gasteiger partial charge in [-0.25, -0.2) is 9.78 Å². The number of carbonyl (C=O) groups excluding carboxylic acids is 1. The van der Waals surface area contributed by atoms with Crippen molar-refractivity contribution in [3.63, 3.8) is 0 Å². The summed E-state index contributed by atoms with van der Waals surface area (Å²) in [7, 11) is 1.57. The summed E-state index contributed by atoms with van der Waals surface area (Å²) in [6.45, 7) is 3.68. The number of rotatable bonds is 6. The predicted molar refractivity (Wildman–Crippen MR) is 127 cm³/mol. The standard InChI is InChI=1S/C25H24N4O4/c1-16-6-11-20(17(2)13-16)27-22(30)15-28-21-5-4-12-26-23(21)24(31)29(25(28)32)14-18-7-9-19(33-3)10-8-18/h4-13H,14-15H2,1-3H3,(H,27,30). The molecule has 0 unspecified atom stereocenters. The number of nitrogens with zero attached hydrogens (tertiary/aromatic N) is 3. The van der Waals surface area contributed by atoms with Gasteiger partial charge in [0.05, 0.1) is 19.2 Å². The molecule has 0 saturated heterocycles. The predicted octanol–water partition coefficient (Wildman–Crippen LogP) is 2.87. The first kappa shape index (κ1) is 22.0. The van der Waals surface area contributed by atoms with Crippen LogP contribution in [0.4, 0.5) is 5.69 Å². The van der Waals surface area contributed by atoms with E-state index in [0.29, 0.717) is 17.0 Å². The molecule has 33 heavy (non-hydrogen) atoms. The minimum atomic E-state index is -0.577. The molecular weight excluding hydrogens is 420 g/mol. The van der Waals surface area contributed by atoms with Crippen LogP contribution in [-0.2, 0) is 17.9 Å². The lowest BCUT2D eigenvalue weighted by Gasteiger charge is -2.14. The second-order valence-corrected chi connectivity index (χ2v) is 7.85. The zero-order valence-corrected chi connectivity index (χ0v) is 18.7. The maximum absolute atomic E-state index is 13.3. The number of fused-ring (bicyclic) bond motifs is 1. The highest BCUT2D eigenvalue weighted by atomic mass is 16.5. The van der Waals surface area contributed by atoms with Crippen molar-refractivity contribution in [2.24, 2.45) is 0 Å². The number of benzene rings is 2. The lowest BCUT2D eigenvalue weighted by molar-refractivity contribution is -0.116. The van der Waals surface area contributed by atoms with Crippen LogP contribution in [0.5, 0.6) is 5.75 Å². The van der Waals surface area contributed by atoms with Crippen molar-refractivity contribution in [2.45, 2.75) is 26.9 Å². The zero-order chi connectivity index (χ0) is 23.5. The number of hydrogen-bond acceptors (Lipinski definition) is 5. The van der Waals surface area contributed by atoms with Gasteiger partial charge in [-0.1, -0.05) is 29.8 Å². The Morgan fingerprint density at radius 2 is 1.79 bits per heavy atom. The molecule has 0 bridgehead atoms. The van der Waals surface area contributed by atoms with Gasteiger partial charge in [-0.05, 0) is 55.3 Å². The number of aryl methyl sites for hydroxylation is 2. The summed E-state index contributed by atoms with van der Waals surface area (Å²) in [6.07, 6.45) is 1.49. The van der Waals surface area contributed by atoms with Crippen molar-refractivity contribution in [3.8, 4) is 5.75 Å². The molecule has 168 valence electrons. The number of amides is 1. The number of aromatic nitrogens is 3. The van der Waals surface area contributed by atoms with Crippen LogP contribution in [-0.4, -0.2) is 27.1 Å². The number of pyridine rings is 1. The fourth-order valence-electron chi connectivity index (χ4n) is 3.74. The molecule has 4 rings (SSSR count). The van der Waals surface area contributed by atoms with Gasteiger partial charge in [0.25, 0.3) is 5.56 Å². The van der Waals surface area contributed by atoms with Gasteiger partial charge in [0, 0.05) is 11.9 Å². The molecule has 1 N–H and O–H groups in total. The summed E-state index contributed by atoms with van der Waals surface area (Å²) in [5, 5.41) is 2.85. The van der Waals surface area contributed by atoms with E-state index in [1.807, 2.05) is 32.0 Å². The monoisotopic (exact) mass is 444 g/mol. The summed E-state index contributed by atoms with van der Waals surface area (Å²) >= 11 is 0. The van der Waals surface area contributed by atoms with E-state index in [2.05, 4.69) is 10.3 Å². The third-order valence-electron chi connectivity index (χ3n) is 5.44. The van der Waals surface area contributed by atoms with Crippen LogP contribution >= 0.6 is 0 Å². The van der Waals surface area contributed by atoms with Gasteiger partial charge in [0.1, 0.15) is 12.3 Å². The smallest absolute Gasteiger partial charge is 0.332 e. The Morgan fingerprint density at radius 1 is 1.03 bits per heavy atom. The summed E-state index contributed by atoms with van der Waals surface area (Å²) in [5.74, 6) is 0.301. The van der Waals surface area contributed by atoms with Crippen molar-refractivity contribution < 1.29 is 9.53 Å². The quantitative estimate of drug-likeness (QED) is 0.493. The van der Waals surface area contributed by atoms with E-state index < -0.39 is 11.2 Å². The van der Waals surface area contributed by atoms with Gasteiger partial charge in [0.15, 0.2) is 5.52 Å². The summed E-state index contributed by atoms with van der Waals surface area (Å²) in [6, 6.07) is 16.0. The van der Waals surface area contributed by atoms with E-state index in [1.165, 1.54) is 10.8 Å². The highest BCUT2D eigenvalue weighted by Crippen LogP contribution is 2.16. The molecule has 1 amide bonds. The first-order valence-corrected chi connectivity index (χ1v) is 10.5. The topological polar surface area (TPSA) is 95.2 Å². The molecular formula is C25H24N4O4. The summed E-state index contributed by atoms with van der Waals surface area (Å²) in [5.41, 5.74) is 2.80. The Bertz CT molecular complexity index is 1450. The van der Waals surface area contributed by atoms with Gasteiger partial charge in [-0.15, -0.1) is 0 Å². The van der Waals surface area contributed by atoms with Crippen LogP contribution < -0.4 is 21.3 Å². The molecule has 0 atom stereocenters. The molecule has 0 aliphatic rings. The third-order valence-corrected chi connectivity index (χ3v) is 5.44. The van der Waals surface area contributed by atoms with Crippen molar-refractivity contribution in [1.29, 1.82) is 0 Å². The molecule has 8 nitrogen and oxygen atoms in total. The van der Waals surface area contributed by atoms with E-state index >= 15 is 0 Å². The van der Waals surface area contributed by atoms with Crippen molar-refractivity contribution in [3.05, 3.63) is 98.3 Å². The fraction of sp³-hybridized carbons (Fsp3) is 0.200. The highest BCUT2D eigenvalue weighted by Gasteiger charge is 2.17. The Morgan fingerprint density at radius 3 is 2.48 bits per heavy atom. The van der Waals surface area contributed by atoms with E-state index in [0.717, 1.165) is 21.3 Å². The minimum absolute atomic E-state index is 0.0485. The molecule has 4 aromatic rings. The SMILES string of the molecule is COc1ccc(Cn2c(=O)c3ncccc3n(CC(=O)Nc3ccc(C)cc3C)c2=O)cc1. The minimum Gasteiger partial charge on any atom is -0.497 e. The van der Waals surface area contributed by atoms with Crippen molar-refractivity contribution in [2.75, 3.05) is 12.4 Å². The van der Waals surface area contributed by atoms with Gasteiger partial charge >= 0.3 is 5.69 Å². The number of nitrogens with one attached hydrogen (secondary N) is 1. The van der Waals surface area contributed by atoms with Crippen LogP contribution in [0, 0.1) is 13.8 Å². The Balaban J connectivity index is 1.73. The van der Waals surface area contributed by atoms with Crippen LogP contribution in [0.2, 0.25) is 0 Å². The van der Waals surface area contributed by atoms with Gasteiger partial charge < -0.3 is 10.1 Å². The molecule has 2 aromatic heterocycles. The molecule has 0 fully saturated rings. The average molecular weight is 444 g/mol. The summed E-state index contributed by atoms with van der Waals surface area (Å²) < 4.78 is 7.54. The third kappa shape index (κ3) is 4.55. The second-order valence-electron chi connectivity index (χ2n) is 7.85. The van der Waals surface area contributed by atoms with E-state index in [-0.39, 0.29) is 24.5 Å². The molecule has 0 aliphatic carbocycles. The number of hydrogen-bond donors (Lipinski definition) is 1. The maximum atomic E-state index is 13.3. The lowest BCUT2D eigenvalue weighted by atomic mass is 10.1. The summed E-state index contributed by atoms with van der Waals surface area (Å²) in [4.78, 5) is 43.4. The highest BCUT2D eigenvalue weighted by molar-refractivity contribution is 5.92. The molecule has 0 spiro atoms. The van der Waals surface area contributed by atoms with Gasteiger partial charge in [0.2, 0.25) is 5.91 Å². The van der Waals surface area contributed by atoms with Gasteiger partial charge in [-0.2, -0.15) is 0 Å². The zero-order valence-electron chi connectivity index (χ0n) is 18.7.